The number of nitrogens with one attached hydrogen (secondary N) is 1. The van der Waals surface area contributed by atoms with Crippen LogP contribution in [-0.4, -0.2) is 16.7 Å². The third-order valence-electron chi connectivity index (χ3n) is 3.37. The molecule has 0 fully saturated rings. The standard InChI is InChI=1S/C16H21NO3/c1-4-12-15(18)13-9-11(20-8-7-10(2)3)5-6-14(13)17-16(12)19/h5-6,9-10H,4,7-8H2,1-3H3,(H2,17,18,19). The Morgan fingerprint density at radius 1 is 1.35 bits per heavy atom. The minimum absolute atomic E-state index is 0.0561. The first-order valence-electron chi connectivity index (χ1n) is 7.03. The summed E-state index contributed by atoms with van der Waals surface area (Å²) in [7, 11) is 0. The molecule has 0 bridgehead atoms. The van der Waals surface area contributed by atoms with Crippen LogP contribution in [0.5, 0.6) is 11.5 Å². The number of fused-ring (bicyclic) bond motifs is 1. The quantitative estimate of drug-likeness (QED) is 0.880. The molecule has 1 heterocycles. The molecule has 0 aliphatic rings. The lowest BCUT2D eigenvalue weighted by molar-refractivity contribution is 0.290. The van der Waals surface area contributed by atoms with Crippen molar-refractivity contribution in [2.45, 2.75) is 33.6 Å². The lowest BCUT2D eigenvalue weighted by Crippen LogP contribution is -2.12. The molecule has 20 heavy (non-hydrogen) atoms. The monoisotopic (exact) mass is 275 g/mol. The van der Waals surface area contributed by atoms with Gasteiger partial charge in [-0.1, -0.05) is 20.8 Å². The molecule has 0 atom stereocenters. The van der Waals surface area contributed by atoms with Crippen LogP contribution >= 0.6 is 0 Å². The van der Waals surface area contributed by atoms with Crippen molar-refractivity contribution in [1.82, 2.24) is 4.98 Å². The Labute approximate surface area is 118 Å². The van der Waals surface area contributed by atoms with Gasteiger partial charge in [-0.15, -0.1) is 0 Å². The highest BCUT2D eigenvalue weighted by atomic mass is 16.5. The summed E-state index contributed by atoms with van der Waals surface area (Å²) in [4.78, 5) is 14.6. The Morgan fingerprint density at radius 3 is 2.75 bits per heavy atom. The van der Waals surface area contributed by atoms with E-state index in [1.54, 1.807) is 12.1 Å². The summed E-state index contributed by atoms with van der Waals surface area (Å²) >= 11 is 0. The second-order valence-corrected chi connectivity index (χ2v) is 5.37. The van der Waals surface area contributed by atoms with Gasteiger partial charge in [0.05, 0.1) is 17.7 Å². The normalized spacial score (nSPS) is 11.2. The summed E-state index contributed by atoms with van der Waals surface area (Å²) in [6.07, 6.45) is 1.48. The number of aromatic nitrogens is 1. The van der Waals surface area contributed by atoms with Gasteiger partial charge in [0.25, 0.3) is 5.56 Å². The predicted molar refractivity (Wildman–Crippen MR) is 80.6 cm³/mol. The molecule has 0 saturated heterocycles. The van der Waals surface area contributed by atoms with Crippen molar-refractivity contribution in [3.05, 3.63) is 34.1 Å². The van der Waals surface area contributed by atoms with Crippen LogP contribution in [0.3, 0.4) is 0 Å². The van der Waals surface area contributed by atoms with E-state index >= 15 is 0 Å². The number of pyridine rings is 1. The van der Waals surface area contributed by atoms with Crippen LogP contribution in [0.4, 0.5) is 0 Å². The zero-order valence-electron chi connectivity index (χ0n) is 12.2. The van der Waals surface area contributed by atoms with Crippen molar-refractivity contribution < 1.29 is 9.84 Å². The van der Waals surface area contributed by atoms with Crippen molar-refractivity contribution >= 4 is 10.9 Å². The fourth-order valence-corrected chi connectivity index (χ4v) is 2.13. The molecule has 2 rings (SSSR count). The van der Waals surface area contributed by atoms with Gasteiger partial charge in [0.15, 0.2) is 0 Å². The summed E-state index contributed by atoms with van der Waals surface area (Å²) in [5, 5.41) is 10.8. The minimum Gasteiger partial charge on any atom is -0.507 e. The number of hydrogen-bond donors (Lipinski definition) is 2. The number of aromatic hydroxyl groups is 1. The number of aromatic amines is 1. The van der Waals surface area contributed by atoms with Crippen molar-refractivity contribution in [1.29, 1.82) is 0 Å². The number of benzene rings is 1. The summed E-state index contributed by atoms with van der Waals surface area (Å²) in [5.74, 6) is 1.36. The fourth-order valence-electron chi connectivity index (χ4n) is 2.13. The molecule has 108 valence electrons. The lowest BCUT2D eigenvalue weighted by Gasteiger charge is -2.10. The zero-order chi connectivity index (χ0) is 14.7. The number of hydrogen-bond acceptors (Lipinski definition) is 3. The molecular formula is C16H21NO3. The second kappa shape index (κ2) is 5.99. The van der Waals surface area contributed by atoms with Crippen molar-refractivity contribution in [2.24, 2.45) is 5.92 Å². The maximum absolute atomic E-state index is 11.8. The van der Waals surface area contributed by atoms with Gasteiger partial charge in [-0.25, -0.2) is 0 Å². The molecular weight excluding hydrogens is 254 g/mol. The molecule has 0 aliphatic heterocycles. The van der Waals surface area contributed by atoms with Gasteiger partial charge < -0.3 is 14.8 Å². The first-order chi connectivity index (χ1) is 9.52. The Kier molecular flexibility index (Phi) is 4.32. The first-order valence-corrected chi connectivity index (χ1v) is 7.03. The number of H-pyrrole nitrogens is 1. The van der Waals surface area contributed by atoms with E-state index in [-0.39, 0.29) is 11.3 Å². The molecule has 2 aromatic rings. The van der Waals surface area contributed by atoms with E-state index in [0.29, 0.717) is 41.2 Å². The van der Waals surface area contributed by atoms with Gasteiger partial charge in [-0.05, 0) is 37.0 Å². The molecule has 0 saturated carbocycles. The minimum atomic E-state index is -0.231. The lowest BCUT2D eigenvalue weighted by atomic mass is 10.1. The Hall–Kier alpha value is -1.97. The van der Waals surface area contributed by atoms with Crippen LogP contribution in [0.25, 0.3) is 10.9 Å². The van der Waals surface area contributed by atoms with Gasteiger partial charge in [0, 0.05) is 5.39 Å². The number of rotatable bonds is 5. The van der Waals surface area contributed by atoms with Crippen molar-refractivity contribution in [3.63, 3.8) is 0 Å². The van der Waals surface area contributed by atoms with Gasteiger partial charge in [0.1, 0.15) is 11.5 Å². The van der Waals surface area contributed by atoms with Crippen LogP contribution < -0.4 is 10.3 Å². The van der Waals surface area contributed by atoms with E-state index in [2.05, 4.69) is 18.8 Å². The Morgan fingerprint density at radius 2 is 2.10 bits per heavy atom. The average molecular weight is 275 g/mol. The SMILES string of the molecule is CCc1c(O)c2cc(OCCC(C)C)ccc2[nH]c1=O. The van der Waals surface area contributed by atoms with Crippen LogP contribution in [0.2, 0.25) is 0 Å². The topological polar surface area (TPSA) is 62.3 Å². The predicted octanol–water partition coefficient (Wildman–Crippen LogP) is 3.22. The maximum atomic E-state index is 11.8. The van der Waals surface area contributed by atoms with Crippen LogP contribution in [-0.2, 0) is 6.42 Å². The zero-order valence-corrected chi connectivity index (χ0v) is 12.2. The molecule has 4 nitrogen and oxygen atoms in total. The van der Waals surface area contributed by atoms with Crippen molar-refractivity contribution in [3.8, 4) is 11.5 Å². The van der Waals surface area contributed by atoms with E-state index < -0.39 is 0 Å². The van der Waals surface area contributed by atoms with Crippen LogP contribution in [0.1, 0.15) is 32.8 Å². The smallest absolute Gasteiger partial charge is 0.255 e. The van der Waals surface area contributed by atoms with E-state index in [9.17, 15) is 9.90 Å². The third kappa shape index (κ3) is 2.95. The van der Waals surface area contributed by atoms with Gasteiger partial charge in [-0.3, -0.25) is 4.79 Å². The summed E-state index contributed by atoms with van der Waals surface area (Å²) in [6.45, 7) is 6.79. The molecule has 4 heteroatoms. The van der Waals surface area contributed by atoms with Gasteiger partial charge >= 0.3 is 0 Å². The van der Waals surface area contributed by atoms with Gasteiger partial charge in [-0.2, -0.15) is 0 Å². The highest BCUT2D eigenvalue weighted by molar-refractivity contribution is 5.87. The van der Waals surface area contributed by atoms with E-state index in [0.717, 1.165) is 6.42 Å². The maximum Gasteiger partial charge on any atom is 0.255 e. The second-order valence-electron chi connectivity index (χ2n) is 5.37. The first kappa shape index (κ1) is 14.4. The highest BCUT2D eigenvalue weighted by Crippen LogP contribution is 2.28. The molecule has 2 N–H and O–H groups in total. The third-order valence-corrected chi connectivity index (χ3v) is 3.37. The molecule has 0 unspecified atom stereocenters. The Bertz CT molecular complexity index is 659. The fraction of sp³-hybridized carbons (Fsp3) is 0.438. The van der Waals surface area contributed by atoms with Crippen LogP contribution in [0.15, 0.2) is 23.0 Å². The van der Waals surface area contributed by atoms with E-state index in [4.69, 9.17) is 4.74 Å². The van der Waals surface area contributed by atoms with E-state index in [1.165, 1.54) is 0 Å². The molecule has 0 amide bonds. The average Bonchev–Trinajstić information content (AvgIpc) is 2.39. The molecule has 0 radical (unpaired) electrons. The summed E-state index contributed by atoms with van der Waals surface area (Å²) < 4.78 is 5.68. The van der Waals surface area contributed by atoms with E-state index in [1.807, 2.05) is 13.0 Å². The van der Waals surface area contributed by atoms with Crippen LogP contribution in [0, 0.1) is 5.92 Å². The molecule has 0 spiro atoms. The summed E-state index contributed by atoms with van der Waals surface area (Å²) in [6, 6.07) is 5.35. The highest BCUT2D eigenvalue weighted by Gasteiger charge is 2.11. The van der Waals surface area contributed by atoms with Crippen molar-refractivity contribution in [2.75, 3.05) is 6.61 Å². The molecule has 0 aliphatic carbocycles. The molecule has 1 aromatic carbocycles. The largest absolute Gasteiger partial charge is 0.507 e. The number of ether oxygens (including phenoxy) is 1. The molecule has 1 aromatic heterocycles. The Balaban J connectivity index is 2.35. The van der Waals surface area contributed by atoms with Gasteiger partial charge in [0.2, 0.25) is 0 Å². The summed E-state index contributed by atoms with van der Waals surface area (Å²) in [5.41, 5.74) is 0.809.